The highest BCUT2D eigenvalue weighted by molar-refractivity contribution is 7.85. The van der Waals surface area contributed by atoms with E-state index in [1.165, 1.54) is 25.7 Å². The van der Waals surface area contributed by atoms with Gasteiger partial charge in [0.1, 0.15) is 0 Å². The summed E-state index contributed by atoms with van der Waals surface area (Å²) in [7, 11) is -0.657. The molecule has 3 unspecified atom stereocenters. The lowest BCUT2D eigenvalue weighted by Crippen LogP contribution is -2.42. The molecule has 2 rings (SSSR count). The minimum atomic E-state index is -0.657. The largest absolute Gasteiger partial charge is 0.381 e. The molecule has 19 heavy (non-hydrogen) atoms. The topological polar surface area (TPSA) is 38.3 Å². The Hall–Kier alpha value is 0.0700. The SMILES string of the molecule is CCCNC(CS(=O)CC1CCCC1)C1CCOC1. The zero-order chi connectivity index (χ0) is 13.5. The molecule has 0 bridgehead atoms. The van der Waals surface area contributed by atoms with Crippen LogP contribution in [-0.2, 0) is 15.5 Å². The number of nitrogens with one attached hydrogen (secondary N) is 1. The highest BCUT2D eigenvalue weighted by Gasteiger charge is 2.27. The van der Waals surface area contributed by atoms with Crippen molar-refractivity contribution in [2.75, 3.05) is 31.3 Å². The van der Waals surface area contributed by atoms with Gasteiger partial charge in [-0.3, -0.25) is 4.21 Å². The Kier molecular flexibility index (Phi) is 6.82. The molecule has 2 fully saturated rings. The quantitative estimate of drug-likeness (QED) is 0.744. The first-order valence-corrected chi connectivity index (χ1v) is 9.44. The molecule has 1 saturated carbocycles. The predicted molar refractivity (Wildman–Crippen MR) is 80.8 cm³/mol. The van der Waals surface area contributed by atoms with E-state index in [2.05, 4.69) is 12.2 Å². The maximum Gasteiger partial charge on any atom is 0.0510 e. The van der Waals surface area contributed by atoms with E-state index in [0.717, 1.165) is 50.0 Å². The molecular weight excluding hydrogens is 258 g/mol. The number of hydrogen-bond acceptors (Lipinski definition) is 3. The standard InChI is InChI=1S/C15H29NO2S/c1-2-8-16-15(14-7-9-18-10-14)12-19(17)11-13-5-3-4-6-13/h13-16H,2-12H2,1H3. The van der Waals surface area contributed by atoms with Crippen LogP contribution in [0.4, 0.5) is 0 Å². The first kappa shape index (κ1) is 15.5. The van der Waals surface area contributed by atoms with Gasteiger partial charge in [0.05, 0.1) is 6.61 Å². The Labute approximate surface area is 120 Å². The Morgan fingerprint density at radius 3 is 2.74 bits per heavy atom. The van der Waals surface area contributed by atoms with Gasteiger partial charge < -0.3 is 10.1 Å². The molecule has 1 saturated heterocycles. The van der Waals surface area contributed by atoms with E-state index in [1.54, 1.807) is 0 Å². The van der Waals surface area contributed by atoms with Crippen molar-refractivity contribution in [2.24, 2.45) is 11.8 Å². The molecule has 0 aromatic rings. The molecule has 2 aliphatic rings. The molecule has 3 nitrogen and oxygen atoms in total. The van der Waals surface area contributed by atoms with Gasteiger partial charge in [0.15, 0.2) is 0 Å². The fourth-order valence-corrected chi connectivity index (χ4v) is 5.06. The minimum absolute atomic E-state index is 0.393. The van der Waals surface area contributed by atoms with Crippen LogP contribution in [0.2, 0.25) is 0 Å². The van der Waals surface area contributed by atoms with Crippen molar-refractivity contribution in [1.29, 1.82) is 0 Å². The van der Waals surface area contributed by atoms with Crippen molar-refractivity contribution < 1.29 is 8.95 Å². The fraction of sp³-hybridized carbons (Fsp3) is 1.00. The van der Waals surface area contributed by atoms with Crippen LogP contribution in [0.15, 0.2) is 0 Å². The summed E-state index contributed by atoms with van der Waals surface area (Å²) in [5.74, 6) is 3.05. The summed E-state index contributed by atoms with van der Waals surface area (Å²) in [6.45, 7) is 4.94. The van der Waals surface area contributed by atoms with Gasteiger partial charge in [0.25, 0.3) is 0 Å². The predicted octanol–water partition coefficient (Wildman–Crippen LogP) is 2.33. The molecule has 4 heteroatoms. The van der Waals surface area contributed by atoms with Crippen LogP contribution in [0.5, 0.6) is 0 Å². The van der Waals surface area contributed by atoms with Crippen LogP contribution in [0.1, 0.15) is 45.4 Å². The Morgan fingerprint density at radius 2 is 2.11 bits per heavy atom. The van der Waals surface area contributed by atoms with Crippen molar-refractivity contribution in [2.45, 2.75) is 51.5 Å². The number of hydrogen-bond donors (Lipinski definition) is 1. The van der Waals surface area contributed by atoms with Crippen molar-refractivity contribution >= 4 is 10.8 Å². The van der Waals surface area contributed by atoms with Crippen LogP contribution in [-0.4, -0.2) is 41.5 Å². The Balaban J connectivity index is 1.77. The number of ether oxygens (including phenoxy) is 1. The van der Waals surface area contributed by atoms with Crippen molar-refractivity contribution in [1.82, 2.24) is 5.32 Å². The summed E-state index contributed by atoms with van der Waals surface area (Å²) < 4.78 is 17.9. The fourth-order valence-electron chi connectivity index (χ4n) is 3.27. The summed E-state index contributed by atoms with van der Waals surface area (Å²) in [4.78, 5) is 0. The Bertz CT molecular complexity index is 273. The molecule has 1 aliphatic heterocycles. The van der Waals surface area contributed by atoms with Gasteiger partial charge in [-0.2, -0.15) is 0 Å². The lowest BCUT2D eigenvalue weighted by molar-refractivity contribution is 0.179. The van der Waals surface area contributed by atoms with Gasteiger partial charge >= 0.3 is 0 Å². The molecule has 0 aromatic heterocycles. The molecule has 0 amide bonds. The highest BCUT2D eigenvalue weighted by atomic mass is 32.2. The molecule has 1 heterocycles. The Morgan fingerprint density at radius 1 is 1.32 bits per heavy atom. The zero-order valence-corrected chi connectivity index (χ0v) is 13.1. The van der Waals surface area contributed by atoms with Crippen molar-refractivity contribution in [3.05, 3.63) is 0 Å². The molecule has 0 radical (unpaired) electrons. The lowest BCUT2D eigenvalue weighted by Gasteiger charge is -2.24. The molecule has 0 spiro atoms. The van der Waals surface area contributed by atoms with Gasteiger partial charge in [0, 0.05) is 40.9 Å². The normalized spacial score (nSPS) is 27.7. The van der Waals surface area contributed by atoms with E-state index < -0.39 is 10.8 Å². The highest BCUT2D eigenvalue weighted by Crippen LogP contribution is 2.26. The molecular formula is C15H29NO2S. The minimum Gasteiger partial charge on any atom is -0.381 e. The van der Waals surface area contributed by atoms with E-state index in [1.807, 2.05) is 0 Å². The summed E-state index contributed by atoms with van der Waals surface area (Å²) in [5.41, 5.74) is 0. The van der Waals surface area contributed by atoms with Gasteiger partial charge in [-0.05, 0) is 38.1 Å². The monoisotopic (exact) mass is 287 g/mol. The molecule has 0 aromatic carbocycles. The molecule has 112 valence electrons. The van der Waals surface area contributed by atoms with Gasteiger partial charge in [-0.25, -0.2) is 0 Å². The maximum absolute atomic E-state index is 12.4. The van der Waals surface area contributed by atoms with Crippen LogP contribution >= 0.6 is 0 Å². The smallest absolute Gasteiger partial charge is 0.0510 e. The van der Waals surface area contributed by atoms with Crippen molar-refractivity contribution in [3.8, 4) is 0 Å². The average molecular weight is 287 g/mol. The van der Waals surface area contributed by atoms with E-state index in [4.69, 9.17) is 4.74 Å². The van der Waals surface area contributed by atoms with Gasteiger partial charge in [-0.1, -0.05) is 19.8 Å². The van der Waals surface area contributed by atoms with Crippen LogP contribution in [0.25, 0.3) is 0 Å². The van der Waals surface area contributed by atoms with E-state index >= 15 is 0 Å². The van der Waals surface area contributed by atoms with E-state index in [-0.39, 0.29) is 0 Å². The van der Waals surface area contributed by atoms with Gasteiger partial charge in [-0.15, -0.1) is 0 Å². The van der Waals surface area contributed by atoms with E-state index in [9.17, 15) is 4.21 Å². The third-order valence-electron chi connectivity index (χ3n) is 4.45. The second-order valence-electron chi connectivity index (χ2n) is 6.11. The van der Waals surface area contributed by atoms with Crippen LogP contribution in [0, 0.1) is 11.8 Å². The summed E-state index contributed by atoms with van der Waals surface area (Å²) in [6.07, 6.45) is 7.55. The maximum atomic E-state index is 12.4. The average Bonchev–Trinajstić information content (AvgIpc) is 3.06. The molecule has 3 atom stereocenters. The first-order valence-electron chi connectivity index (χ1n) is 7.95. The van der Waals surface area contributed by atoms with Crippen molar-refractivity contribution in [3.63, 3.8) is 0 Å². The molecule has 1 aliphatic carbocycles. The number of rotatable bonds is 8. The zero-order valence-electron chi connectivity index (χ0n) is 12.2. The third-order valence-corrected chi connectivity index (χ3v) is 6.03. The second-order valence-corrected chi connectivity index (χ2v) is 7.65. The van der Waals surface area contributed by atoms with Crippen LogP contribution in [0.3, 0.4) is 0 Å². The summed E-state index contributed by atoms with van der Waals surface area (Å²) >= 11 is 0. The second kappa shape index (κ2) is 8.38. The summed E-state index contributed by atoms with van der Waals surface area (Å²) in [6, 6.07) is 0.393. The van der Waals surface area contributed by atoms with Crippen LogP contribution < -0.4 is 5.32 Å². The summed E-state index contributed by atoms with van der Waals surface area (Å²) in [5, 5.41) is 3.59. The van der Waals surface area contributed by atoms with E-state index in [0.29, 0.717) is 12.0 Å². The lowest BCUT2D eigenvalue weighted by atomic mass is 10.0. The van der Waals surface area contributed by atoms with Gasteiger partial charge in [0.2, 0.25) is 0 Å². The molecule has 1 N–H and O–H groups in total. The first-order chi connectivity index (χ1) is 9.29. The third kappa shape index (κ3) is 5.16.